The highest BCUT2D eigenvalue weighted by Gasteiger charge is 2.31. The summed E-state index contributed by atoms with van der Waals surface area (Å²) in [4.78, 5) is 12.3. The fourth-order valence-electron chi connectivity index (χ4n) is 3.37. The lowest BCUT2D eigenvalue weighted by Crippen LogP contribution is -2.35. The molecule has 9 heteroatoms. The van der Waals surface area contributed by atoms with E-state index in [1.165, 1.54) is 24.3 Å². The molecular formula is C20H19ClF4N2O2. The molecule has 1 aliphatic rings. The van der Waals surface area contributed by atoms with Crippen LogP contribution in [0.25, 0.3) is 0 Å². The van der Waals surface area contributed by atoms with E-state index in [2.05, 4.69) is 15.4 Å². The summed E-state index contributed by atoms with van der Waals surface area (Å²) in [6.07, 6.45) is -2.53. The summed E-state index contributed by atoms with van der Waals surface area (Å²) in [5.41, 5.74) is 0.821. The van der Waals surface area contributed by atoms with Crippen LogP contribution in [0.15, 0.2) is 42.5 Å². The molecule has 3 rings (SSSR count). The first-order valence-corrected chi connectivity index (χ1v) is 9.41. The van der Waals surface area contributed by atoms with Gasteiger partial charge in [0.1, 0.15) is 11.6 Å². The molecule has 0 saturated heterocycles. The Kier molecular flexibility index (Phi) is 6.64. The lowest BCUT2D eigenvalue weighted by atomic mass is 10.1. The lowest BCUT2D eigenvalue weighted by Gasteiger charge is -2.15. The van der Waals surface area contributed by atoms with E-state index in [4.69, 9.17) is 11.6 Å². The molecule has 2 N–H and O–H groups in total. The van der Waals surface area contributed by atoms with E-state index < -0.39 is 18.1 Å². The van der Waals surface area contributed by atoms with E-state index in [-0.39, 0.29) is 28.4 Å². The molecule has 0 aromatic heterocycles. The zero-order valence-corrected chi connectivity index (χ0v) is 16.0. The zero-order valence-electron chi connectivity index (χ0n) is 15.2. The maximum Gasteiger partial charge on any atom is 0.573 e. The quantitative estimate of drug-likeness (QED) is 0.646. The molecule has 0 unspecified atom stereocenters. The van der Waals surface area contributed by atoms with Crippen molar-refractivity contribution in [2.45, 2.75) is 44.3 Å². The number of benzene rings is 2. The second-order valence-electron chi connectivity index (χ2n) is 6.91. The summed E-state index contributed by atoms with van der Waals surface area (Å²) in [7, 11) is 0. The molecule has 0 aliphatic heterocycles. The molecular weight excluding hydrogens is 412 g/mol. The minimum atomic E-state index is -4.73. The molecule has 0 heterocycles. The largest absolute Gasteiger partial charge is 0.573 e. The van der Waals surface area contributed by atoms with Crippen LogP contribution < -0.4 is 15.4 Å². The summed E-state index contributed by atoms with van der Waals surface area (Å²) in [5.74, 6) is -1.23. The zero-order chi connectivity index (χ0) is 21.0. The van der Waals surface area contributed by atoms with Crippen LogP contribution in [-0.2, 0) is 6.54 Å². The number of rotatable bonds is 6. The van der Waals surface area contributed by atoms with Crippen molar-refractivity contribution in [3.63, 3.8) is 0 Å². The van der Waals surface area contributed by atoms with Gasteiger partial charge in [-0.2, -0.15) is 0 Å². The molecule has 4 nitrogen and oxygen atoms in total. The summed E-state index contributed by atoms with van der Waals surface area (Å²) in [6.45, 7) is 0.375. The third-order valence-corrected chi connectivity index (χ3v) is 4.84. The van der Waals surface area contributed by atoms with Crippen molar-refractivity contribution in [2.24, 2.45) is 0 Å². The maximum atomic E-state index is 13.4. The maximum absolute atomic E-state index is 13.4. The molecule has 2 aromatic rings. The second kappa shape index (κ2) is 9.00. The SMILES string of the molecule is O=C(N[C@H]1CC[C@H](NCc2cccc(OC(F)(F)F)c2)C1)c1cc(F)cc(Cl)c1. The smallest absolute Gasteiger partial charge is 0.406 e. The first-order valence-electron chi connectivity index (χ1n) is 9.03. The Balaban J connectivity index is 1.49. The number of amides is 1. The Morgan fingerprint density at radius 2 is 1.90 bits per heavy atom. The molecule has 1 amide bonds. The highest BCUT2D eigenvalue weighted by atomic mass is 35.5. The van der Waals surface area contributed by atoms with Gasteiger partial charge in [-0.1, -0.05) is 23.7 Å². The number of carbonyl (C=O) groups excluding carboxylic acids is 1. The number of alkyl halides is 3. The van der Waals surface area contributed by atoms with Gasteiger partial charge >= 0.3 is 6.36 Å². The average Bonchev–Trinajstić information content (AvgIpc) is 3.05. The minimum Gasteiger partial charge on any atom is -0.406 e. The summed E-state index contributed by atoms with van der Waals surface area (Å²) in [5, 5.41) is 6.29. The number of ether oxygens (including phenoxy) is 1. The number of hydrogen-bond donors (Lipinski definition) is 2. The van der Waals surface area contributed by atoms with Crippen molar-refractivity contribution in [1.82, 2.24) is 10.6 Å². The van der Waals surface area contributed by atoms with E-state index in [1.807, 2.05) is 0 Å². The lowest BCUT2D eigenvalue weighted by molar-refractivity contribution is -0.274. The fourth-order valence-corrected chi connectivity index (χ4v) is 3.59. The molecule has 1 saturated carbocycles. The topological polar surface area (TPSA) is 50.4 Å². The van der Waals surface area contributed by atoms with Crippen molar-refractivity contribution < 1.29 is 27.1 Å². The van der Waals surface area contributed by atoms with Gasteiger partial charge in [0.2, 0.25) is 0 Å². The van der Waals surface area contributed by atoms with Gasteiger partial charge in [-0.25, -0.2) is 4.39 Å². The Morgan fingerprint density at radius 3 is 2.62 bits per heavy atom. The average molecular weight is 431 g/mol. The number of hydrogen-bond acceptors (Lipinski definition) is 3. The van der Waals surface area contributed by atoms with Crippen molar-refractivity contribution in [1.29, 1.82) is 0 Å². The Bertz CT molecular complexity index is 856. The highest BCUT2D eigenvalue weighted by Crippen LogP contribution is 2.24. The predicted octanol–water partition coefficient (Wildman–Crippen LogP) is 4.82. The summed E-state index contributed by atoms with van der Waals surface area (Å²) >= 11 is 5.78. The van der Waals surface area contributed by atoms with Crippen LogP contribution in [0.3, 0.4) is 0 Å². The molecule has 0 spiro atoms. The first kappa shape index (κ1) is 21.4. The third kappa shape index (κ3) is 6.61. The van der Waals surface area contributed by atoms with Crippen molar-refractivity contribution in [2.75, 3.05) is 0 Å². The minimum absolute atomic E-state index is 0.0815. The van der Waals surface area contributed by atoms with Gasteiger partial charge in [0.15, 0.2) is 0 Å². The van der Waals surface area contributed by atoms with E-state index in [0.717, 1.165) is 25.0 Å². The van der Waals surface area contributed by atoms with Gasteiger partial charge in [0.25, 0.3) is 5.91 Å². The van der Waals surface area contributed by atoms with E-state index in [0.29, 0.717) is 18.5 Å². The highest BCUT2D eigenvalue weighted by molar-refractivity contribution is 6.31. The second-order valence-corrected chi connectivity index (χ2v) is 7.35. The van der Waals surface area contributed by atoms with Crippen LogP contribution in [0.4, 0.5) is 17.6 Å². The summed E-state index contributed by atoms with van der Waals surface area (Å²) < 4.78 is 54.3. The molecule has 2 atom stereocenters. The first-order chi connectivity index (χ1) is 13.7. The number of carbonyl (C=O) groups is 1. The van der Waals surface area contributed by atoms with Crippen LogP contribution in [0.5, 0.6) is 5.75 Å². The third-order valence-electron chi connectivity index (χ3n) is 4.62. The van der Waals surface area contributed by atoms with Crippen molar-refractivity contribution >= 4 is 17.5 Å². The van der Waals surface area contributed by atoms with Crippen molar-refractivity contribution in [3.8, 4) is 5.75 Å². The van der Waals surface area contributed by atoms with Crippen LogP contribution in [-0.4, -0.2) is 24.4 Å². The van der Waals surface area contributed by atoms with Gasteiger partial charge in [-0.05, 0) is 55.2 Å². The van der Waals surface area contributed by atoms with Gasteiger partial charge in [0.05, 0.1) is 0 Å². The standard InChI is InChI=1S/C20H19ClF4N2O2/c21-14-7-13(8-15(22)9-14)19(28)27-17-5-4-16(10-17)26-11-12-2-1-3-18(6-12)29-20(23,24)25/h1-3,6-9,16-17,26H,4-5,10-11H2,(H,27,28)/t16-,17-/m0/s1. The van der Waals surface area contributed by atoms with Gasteiger partial charge in [-0.15, -0.1) is 13.2 Å². The van der Waals surface area contributed by atoms with E-state index >= 15 is 0 Å². The fraction of sp³-hybridized carbons (Fsp3) is 0.350. The van der Waals surface area contributed by atoms with Crippen LogP contribution >= 0.6 is 11.6 Å². The van der Waals surface area contributed by atoms with Crippen LogP contribution in [0.1, 0.15) is 35.2 Å². The molecule has 1 aliphatic carbocycles. The molecule has 156 valence electrons. The van der Waals surface area contributed by atoms with Crippen LogP contribution in [0.2, 0.25) is 5.02 Å². The Hall–Kier alpha value is -2.32. The monoisotopic (exact) mass is 430 g/mol. The van der Waals surface area contributed by atoms with Gasteiger partial charge < -0.3 is 15.4 Å². The van der Waals surface area contributed by atoms with Crippen LogP contribution in [0, 0.1) is 5.82 Å². The molecule has 1 fully saturated rings. The predicted molar refractivity (Wildman–Crippen MR) is 100 cm³/mol. The van der Waals surface area contributed by atoms with E-state index in [1.54, 1.807) is 6.07 Å². The molecule has 2 aromatic carbocycles. The van der Waals surface area contributed by atoms with E-state index in [9.17, 15) is 22.4 Å². The summed E-state index contributed by atoms with van der Waals surface area (Å²) in [6, 6.07) is 9.47. The molecule has 0 bridgehead atoms. The van der Waals surface area contributed by atoms with Gasteiger partial charge in [-0.3, -0.25) is 4.79 Å². The number of halogens is 5. The van der Waals surface area contributed by atoms with Crippen molar-refractivity contribution in [3.05, 3.63) is 64.4 Å². The normalized spacial score (nSPS) is 19.2. The molecule has 29 heavy (non-hydrogen) atoms. The van der Waals surface area contributed by atoms with Gasteiger partial charge in [0, 0.05) is 29.2 Å². The Morgan fingerprint density at radius 1 is 1.14 bits per heavy atom. The number of nitrogens with one attached hydrogen (secondary N) is 2. The molecule has 0 radical (unpaired) electrons. The Labute approximate surface area is 170 Å².